The molecule has 0 aliphatic heterocycles. The van der Waals surface area contributed by atoms with Crippen LogP contribution in [0.2, 0.25) is 5.02 Å². The number of hydrogen-bond donors (Lipinski definition) is 0. The SMILES string of the molecule is COc1ccc(OC(=O)c2cnn(-c3cccc(Cl)c3)c2C)c([N+](=O)[O-])c1. The number of halogens is 1. The van der Waals surface area contributed by atoms with Crippen LogP contribution in [0.25, 0.3) is 5.69 Å². The van der Waals surface area contributed by atoms with Crippen LogP contribution in [-0.2, 0) is 0 Å². The maximum absolute atomic E-state index is 12.5. The summed E-state index contributed by atoms with van der Waals surface area (Å²) >= 11 is 5.99. The van der Waals surface area contributed by atoms with Gasteiger partial charge in [-0.1, -0.05) is 17.7 Å². The third-order valence-electron chi connectivity index (χ3n) is 3.85. The topological polar surface area (TPSA) is 96.5 Å². The van der Waals surface area contributed by atoms with Crippen molar-refractivity contribution in [2.75, 3.05) is 7.11 Å². The number of benzene rings is 2. The molecule has 0 atom stereocenters. The molecule has 0 aliphatic carbocycles. The quantitative estimate of drug-likeness (QED) is 0.284. The van der Waals surface area contributed by atoms with Crippen molar-refractivity contribution < 1.29 is 19.2 Å². The maximum Gasteiger partial charge on any atom is 0.347 e. The lowest BCUT2D eigenvalue weighted by molar-refractivity contribution is -0.385. The van der Waals surface area contributed by atoms with E-state index >= 15 is 0 Å². The fraction of sp³-hybridized carbons (Fsp3) is 0.111. The average Bonchev–Trinajstić information content (AvgIpc) is 3.03. The largest absolute Gasteiger partial charge is 0.496 e. The number of nitro groups is 1. The molecule has 3 rings (SSSR count). The van der Waals surface area contributed by atoms with Crippen molar-refractivity contribution >= 4 is 23.3 Å². The highest BCUT2D eigenvalue weighted by Gasteiger charge is 2.23. The second-order valence-corrected chi connectivity index (χ2v) is 5.95. The van der Waals surface area contributed by atoms with E-state index < -0.39 is 10.9 Å². The molecule has 1 aromatic heterocycles. The Labute approximate surface area is 159 Å². The second kappa shape index (κ2) is 7.46. The van der Waals surface area contributed by atoms with Gasteiger partial charge in [0.15, 0.2) is 0 Å². The van der Waals surface area contributed by atoms with Gasteiger partial charge in [0.05, 0.1) is 35.7 Å². The lowest BCUT2D eigenvalue weighted by Crippen LogP contribution is -2.11. The van der Waals surface area contributed by atoms with Gasteiger partial charge in [-0.15, -0.1) is 0 Å². The number of hydrogen-bond acceptors (Lipinski definition) is 6. The van der Waals surface area contributed by atoms with Gasteiger partial charge < -0.3 is 9.47 Å². The van der Waals surface area contributed by atoms with E-state index in [0.29, 0.717) is 16.4 Å². The number of nitrogens with zero attached hydrogens (tertiary/aromatic N) is 3. The standard InChI is InChI=1S/C18H14ClN3O5/c1-11-15(10-20-21(11)13-5-3-4-12(19)8-13)18(23)27-17-7-6-14(26-2)9-16(17)22(24)25/h3-10H,1-2H3. The van der Waals surface area contributed by atoms with Crippen LogP contribution in [0.15, 0.2) is 48.7 Å². The molecule has 0 unspecified atom stereocenters. The monoisotopic (exact) mass is 387 g/mol. The molecular weight excluding hydrogens is 374 g/mol. The molecule has 0 N–H and O–H groups in total. The average molecular weight is 388 g/mol. The molecule has 9 heteroatoms. The van der Waals surface area contributed by atoms with Crippen LogP contribution >= 0.6 is 11.6 Å². The number of carbonyl (C=O) groups is 1. The highest BCUT2D eigenvalue weighted by atomic mass is 35.5. The zero-order valence-electron chi connectivity index (χ0n) is 14.4. The Morgan fingerprint density at radius 2 is 2.04 bits per heavy atom. The van der Waals surface area contributed by atoms with Crippen LogP contribution in [0.1, 0.15) is 16.1 Å². The van der Waals surface area contributed by atoms with E-state index in [4.69, 9.17) is 21.1 Å². The van der Waals surface area contributed by atoms with Gasteiger partial charge in [0.1, 0.15) is 11.3 Å². The maximum atomic E-state index is 12.5. The van der Waals surface area contributed by atoms with Gasteiger partial charge in [0, 0.05) is 5.02 Å². The van der Waals surface area contributed by atoms with Gasteiger partial charge in [-0.2, -0.15) is 5.10 Å². The number of carbonyl (C=O) groups excluding carboxylic acids is 1. The molecule has 8 nitrogen and oxygen atoms in total. The van der Waals surface area contributed by atoms with Crippen molar-refractivity contribution in [3.05, 3.63) is 75.1 Å². The highest BCUT2D eigenvalue weighted by molar-refractivity contribution is 6.30. The Balaban J connectivity index is 1.91. The van der Waals surface area contributed by atoms with Crippen molar-refractivity contribution in [3.8, 4) is 17.2 Å². The van der Waals surface area contributed by atoms with E-state index in [0.717, 1.165) is 0 Å². The highest BCUT2D eigenvalue weighted by Crippen LogP contribution is 2.32. The Morgan fingerprint density at radius 1 is 1.26 bits per heavy atom. The van der Waals surface area contributed by atoms with E-state index in [1.807, 2.05) is 0 Å². The molecule has 0 aliphatic rings. The molecule has 0 saturated carbocycles. The van der Waals surface area contributed by atoms with Crippen molar-refractivity contribution in [3.63, 3.8) is 0 Å². The Bertz CT molecular complexity index is 1030. The van der Waals surface area contributed by atoms with Crippen LogP contribution in [0.3, 0.4) is 0 Å². The molecule has 0 radical (unpaired) electrons. The van der Waals surface area contributed by atoms with Crippen LogP contribution < -0.4 is 9.47 Å². The van der Waals surface area contributed by atoms with Crippen molar-refractivity contribution in [2.45, 2.75) is 6.92 Å². The minimum atomic E-state index is -0.756. The summed E-state index contributed by atoms with van der Waals surface area (Å²) in [5.41, 5.74) is 0.996. The molecule has 0 fully saturated rings. The van der Waals surface area contributed by atoms with Crippen molar-refractivity contribution in [1.82, 2.24) is 9.78 Å². The summed E-state index contributed by atoms with van der Waals surface area (Å²) in [6.07, 6.45) is 1.34. The van der Waals surface area contributed by atoms with Crippen LogP contribution in [0.4, 0.5) is 5.69 Å². The summed E-state index contributed by atoms with van der Waals surface area (Å²) in [7, 11) is 1.39. The third kappa shape index (κ3) is 3.75. The summed E-state index contributed by atoms with van der Waals surface area (Å²) < 4.78 is 11.7. The first-order valence-corrected chi connectivity index (χ1v) is 8.13. The summed E-state index contributed by atoms with van der Waals surface area (Å²) in [6.45, 7) is 1.69. The lowest BCUT2D eigenvalue weighted by atomic mass is 10.2. The molecule has 0 spiro atoms. The van der Waals surface area contributed by atoms with E-state index in [-0.39, 0.29) is 22.7 Å². The molecule has 0 saturated heterocycles. The van der Waals surface area contributed by atoms with Crippen molar-refractivity contribution in [2.24, 2.45) is 0 Å². The summed E-state index contributed by atoms with van der Waals surface area (Å²) in [5.74, 6) is -0.652. The van der Waals surface area contributed by atoms with Gasteiger partial charge >= 0.3 is 11.7 Å². The van der Waals surface area contributed by atoms with Gasteiger partial charge in [-0.3, -0.25) is 10.1 Å². The first-order chi connectivity index (χ1) is 12.9. The zero-order chi connectivity index (χ0) is 19.6. The van der Waals surface area contributed by atoms with Gasteiger partial charge in [-0.05, 0) is 37.3 Å². The molecule has 27 heavy (non-hydrogen) atoms. The smallest absolute Gasteiger partial charge is 0.347 e. The molecule has 2 aromatic carbocycles. The van der Waals surface area contributed by atoms with Gasteiger partial charge in [0.25, 0.3) is 0 Å². The first-order valence-electron chi connectivity index (χ1n) is 7.76. The molecule has 0 amide bonds. The number of rotatable bonds is 5. The van der Waals surface area contributed by atoms with E-state index in [2.05, 4.69) is 5.10 Å². The Kier molecular flexibility index (Phi) is 5.09. The Hall–Kier alpha value is -3.39. The number of esters is 1. The normalized spacial score (nSPS) is 10.5. The summed E-state index contributed by atoms with van der Waals surface area (Å²) in [4.78, 5) is 23.1. The predicted molar refractivity (Wildman–Crippen MR) is 97.9 cm³/mol. The van der Waals surface area contributed by atoms with Gasteiger partial charge in [-0.25, -0.2) is 9.48 Å². The summed E-state index contributed by atoms with van der Waals surface area (Å²) in [5, 5.41) is 15.9. The van der Waals surface area contributed by atoms with Crippen LogP contribution in [-0.4, -0.2) is 27.8 Å². The zero-order valence-corrected chi connectivity index (χ0v) is 15.1. The number of methoxy groups -OCH3 is 1. The number of aromatic nitrogens is 2. The number of ether oxygens (including phenoxy) is 2. The van der Waals surface area contributed by atoms with E-state index in [9.17, 15) is 14.9 Å². The molecule has 1 heterocycles. The lowest BCUT2D eigenvalue weighted by Gasteiger charge is -2.07. The van der Waals surface area contributed by atoms with E-state index in [1.54, 1.807) is 31.2 Å². The number of nitro benzene ring substituents is 1. The fourth-order valence-electron chi connectivity index (χ4n) is 2.49. The first kappa shape index (κ1) is 18.4. The predicted octanol–water partition coefficient (Wildman–Crippen LogP) is 3.97. The van der Waals surface area contributed by atoms with E-state index in [1.165, 1.54) is 36.2 Å². The van der Waals surface area contributed by atoms with Crippen LogP contribution in [0.5, 0.6) is 11.5 Å². The molecule has 3 aromatic rings. The molecule has 138 valence electrons. The third-order valence-corrected chi connectivity index (χ3v) is 4.08. The van der Waals surface area contributed by atoms with Gasteiger partial charge in [0.2, 0.25) is 5.75 Å². The van der Waals surface area contributed by atoms with Crippen LogP contribution in [0, 0.1) is 17.0 Å². The second-order valence-electron chi connectivity index (χ2n) is 5.52. The summed E-state index contributed by atoms with van der Waals surface area (Å²) in [6, 6.07) is 10.9. The minimum Gasteiger partial charge on any atom is -0.496 e. The Morgan fingerprint density at radius 3 is 2.70 bits per heavy atom. The van der Waals surface area contributed by atoms with Crippen molar-refractivity contribution in [1.29, 1.82) is 0 Å². The minimum absolute atomic E-state index is 0.180. The molecular formula is C18H14ClN3O5. The fourth-order valence-corrected chi connectivity index (χ4v) is 2.67. The molecule has 0 bridgehead atoms.